The molecule has 0 N–H and O–H groups in total. The molecule has 1 aromatic carbocycles. The molecule has 0 atom stereocenters. The minimum Gasteiger partial charge on any atom is -0.465 e. The molecule has 0 aliphatic heterocycles. The van der Waals surface area contributed by atoms with Crippen molar-refractivity contribution in [2.24, 2.45) is 0 Å². The van der Waals surface area contributed by atoms with E-state index >= 15 is 0 Å². The van der Waals surface area contributed by atoms with Crippen LogP contribution in [0.5, 0.6) is 0 Å². The van der Waals surface area contributed by atoms with E-state index in [-0.39, 0.29) is 5.56 Å². The number of ether oxygens (including phenoxy) is 1. The first-order chi connectivity index (χ1) is 11.4. The monoisotopic (exact) mass is 495 g/mol. The SMILES string of the molecule is CCn1c(CBr)c(Br)c(=O)c(C(=O)OC)c1-c1ccc(Cl)c(Cl)c1. The first-order valence-corrected chi connectivity index (χ1v) is 9.59. The molecular weight excluding hydrogens is 485 g/mol. The van der Waals surface area contributed by atoms with Crippen LogP contribution in [0, 0.1) is 0 Å². The number of aromatic nitrogens is 1. The van der Waals surface area contributed by atoms with Crippen molar-refractivity contribution < 1.29 is 9.53 Å². The van der Waals surface area contributed by atoms with Crippen molar-refractivity contribution in [1.29, 1.82) is 0 Å². The summed E-state index contributed by atoms with van der Waals surface area (Å²) in [5, 5.41) is 1.17. The quantitative estimate of drug-likeness (QED) is 0.426. The number of carbonyl (C=O) groups is 1. The van der Waals surface area contributed by atoms with Crippen LogP contribution in [-0.2, 0) is 16.6 Å². The van der Waals surface area contributed by atoms with E-state index in [1.165, 1.54) is 7.11 Å². The van der Waals surface area contributed by atoms with Crippen LogP contribution in [0.2, 0.25) is 10.0 Å². The van der Waals surface area contributed by atoms with E-state index in [9.17, 15) is 9.59 Å². The molecule has 0 radical (unpaired) electrons. The van der Waals surface area contributed by atoms with Gasteiger partial charge in [0.2, 0.25) is 5.43 Å². The fraction of sp³-hybridized carbons (Fsp3) is 0.250. The Kier molecular flexibility index (Phi) is 6.53. The summed E-state index contributed by atoms with van der Waals surface area (Å²) < 4.78 is 7.01. The molecule has 4 nitrogen and oxygen atoms in total. The van der Waals surface area contributed by atoms with Crippen LogP contribution in [0.1, 0.15) is 23.0 Å². The van der Waals surface area contributed by atoms with Crippen LogP contribution in [-0.4, -0.2) is 17.6 Å². The lowest BCUT2D eigenvalue weighted by Crippen LogP contribution is -2.25. The smallest absolute Gasteiger partial charge is 0.344 e. The van der Waals surface area contributed by atoms with Crippen molar-refractivity contribution in [3.8, 4) is 11.3 Å². The lowest BCUT2D eigenvalue weighted by atomic mass is 10.0. The maximum absolute atomic E-state index is 12.7. The number of benzene rings is 1. The van der Waals surface area contributed by atoms with Crippen molar-refractivity contribution in [3.63, 3.8) is 0 Å². The number of hydrogen-bond donors (Lipinski definition) is 0. The van der Waals surface area contributed by atoms with Gasteiger partial charge in [-0.05, 0) is 35.0 Å². The van der Waals surface area contributed by atoms with Crippen molar-refractivity contribution >= 4 is 61.0 Å². The number of hydrogen-bond acceptors (Lipinski definition) is 3. The largest absolute Gasteiger partial charge is 0.465 e. The van der Waals surface area contributed by atoms with Gasteiger partial charge in [-0.2, -0.15) is 0 Å². The predicted octanol–water partition coefficient (Wildman–Crippen LogP) is 5.29. The highest BCUT2D eigenvalue weighted by atomic mass is 79.9. The first-order valence-electron chi connectivity index (χ1n) is 6.92. The van der Waals surface area contributed by atoms with Gasteiger partial charge in [0, 0.05) is 23.1 Å². The lowest BCUT2D eigenvalue weighted by Gasteiger charge is -2.21. The molecule has 0 bridgehead atoms. The normalized spacial score (nSPS) is 10.8. The molecule has 128 valence electrons. The summed E-state index contributed by atoms with van der Waals surface area (Å²) >= 11 is 18.8. The van der Waals surface area contributed by atoms with Crippen molar-refractivity contribution in [2.75, 3.05) is 7.11 Å². The highest BCUT2D eigenvalue weighted by molar-refractivity contribution is 9.10. The van der Waals surface area contributed by atoms with E-state index in [1.54, 1.807) is 18.2 Å². The minimum absolute atomic E-state index is 0.0469. The van der Waals surface area contributed by atoms with E-state index in [1.807, 2.05) is 11.5 Å². The summed E-state index contributed by atoms with van der Waals surface area (Å²) in [6.45, 7) is 2.46. The average molecular weight is 498 g/mol. The number of esters is 1. The Morgan fingerprint density at radius 1 is 1.29 bits per heavy atom. The Morgan fingerprint density at radius 2 is 1.96 bits per heavy atom. The molecule has 0 unspecified atom stereocenters. The average Bonchev–Trinajstić information content (AvgIpc) is 2.58. The zero-order chi connectivity index (χ0) is 18.0. The molecule has 1 heterocycles. The number of alkyl halides is 1. The maximum atomic E-state index is 12.7. The van der Waals surface area contributed by atoms with Crippen LogP contribution in [0.15, 0.2) is 27.5 Å². The summed E-state index contributed by atoms with van der Waals surface area (Å²) in [6.07, 6.45) is 0. The molecule has 0 aliphatic carbocycles. The third kappa shape index (κ3) is 3.43. The fourth-order valence-electron chi connectivity index (χ4n) is 2.45. The van der Waals surface area contributed by atoms with Gasteiger partial charge < -0.3 is 9.30 Å². The molecule has 1 aromatic heterocycles. The van der Waals surface area contributed by atoms with Crippen LogP contribution < -0.4 is 5.43 Å². The Balaban J connectivity index is 2.99. The summed E-state index contributed by atoms with van der Waals surface area (Å²) in [4.78, 5) is 25.0. The molecule has 0 amide bonds. The molecule has 0 aliphatic rings. The second kappa shape index (κ2) is 8.04. The van der Waals surface area contributed by atoms with Gasteiger partial charge >= 0.3 is 5.97 Å². The zero-order valence-electron chi connectivity index (χ0n) is 12.8. The Hall–Kier alpha value is -0.820. The van der Waals surface area contributed by atoms with Gasteiger partial charge in [-0.1, -0.05) is 45.2 Å². The molecular formula is C16H13Br2Cl2NO3. The van der Waals surface area contributed by atoms with Crippen molar-refractivity contribution in [1.82, 2.24) is 4.57 Å². The summed E-state index contributed by atoms with van der Waals surface area (Å²) in [5.74, 6) is -0.704. The molecule has 0 fully saturated rings. The van der Waals surface area contributed by atoms with Crippen LogP contribution in [0.3, 0.4) is 0 Å². The van der Waals surface area contributed by atoms with Gasteiger partial charge in [0.05, 0.1) is 27.3 Å². The highest BCUT2D eigenvalue weighted by Gasteiger charge is 2.26. The third-order valence-corrected chi connectivity index (χ3v) is 5.63. The number of pyridine rings is 1. The molecule has 2 rings (SSSR count). The van der Waals surface area contributed by atoms with Crippen LogP contribution >= 0.6 is 55.1 Å². The molecule has 2 aromatic rings. The molecule has 0 saturated carbocycles. The fourth-order valence-corrected chi connectivity index (χ4v) is 4.26. The second-order valence-corrected chi connectivity index (χ2v) is 6.98. The number of halogens is 4. The third-order valence-electron chi connectivity index (χ3n) is 3.54. The number of rotatable bonds is 4. The predicted molar refractivity (Wildman–Crippen MR) is 104 cm³/mol. The van der Waals surface area contributed by atoms with E-state index in [2.05, 4.69) is 31.9 Å². The van der Waals surface area contributed by atoms with Gasteiger partial charge in [0.1, 0.15) is 5.56 Å². The molecule has 0 saturated heterocycles. The first kappa shape index (κ1) is 19.5. The summed E-state index contributed by atoms with van der Waals surface area (Å²) in [6, 6.07) is 4.97. The number of carbonyl (C=O) groups excluding carboxylic acids is 1. The summed E-state index contributed by atoms with van der Waals surface area (Å²) in [5.41, 5.74) is 1.30. The van der Waals surface area contributed by atoms with Crippen LogP contribution in [0.25, 0.3) is 11.3 Å². The lowest BCUT2D eigenvalue weighted by molar-refractivity contribution is 0.0599. The number of nitrogens with zero attached hydrogens (tertiary/aromatic N) is 1. The van der Waals surface area contributed by atoms with E-state index in [0.29, 0.717) is 37.7 Å². The second-order valence-electron chi connectivity index (χ2n) is 4.81. The van der Waals surface area contributed by atoms with E-state index in [0.717, 1.165) is 5.69 Å². The standard InChI is InChI=1S/C16H13Br2Cl2NO3/c1-3-21-11(7-17)13(18)15(22)12(16(23)24-2)14(21)8-4-5-9(19)10(20)6-8/h4-6H,3,7H2,1-2H3. The van der Waals surface area contributed by atoms with Crippen molar-refractivity contribution in [3.05, 3.63) is 54.2 Å². The topological polar surface area (TPSA) is 48.3 Å². The Morgan fingerprint density at radius 3 is 2.46 bits per heavy atom. The Bertz CT molecular complexity index is 865. The van der Waals surface area contributed by atoms with Crippen molar-refractivity contribution in [2.45, 2.75) is 18.8 Å². The maximum Gasteiger partial charge on any atom is 0.344 e. The van der Waals surface area contributed by atoms with Gasteiger partial charge in [0.25, 0.3) is 0 Å². The van der Waals surface area contributed by atoms with Gasteiger partial charge in [0.15, 0.2) is 0 Å². The van der Waals surface area contributed by atoms with Gasteiger partial charge in [-0.3, -0.25) is 4.79 Å². The number of methoxy groups -OCH3 is 1. The van der Waals surface area contributed by atoms with Crippen LogP contribution in [0.4, 0.5) is 0 Å². The zero-order valence-corrected chi connectivity index (χ0v) is 17.5. The molecule has 24 heavy (non-hydrogen) atoms. The van der Waals surface area contributed by atoms with Gasteiger partial charge in [-0.25, -0.2) is 4.79 Å². The van der Waals surface area contributed by atoms with E-state index < -0.39 is 11.4 Å². The highest BCUT2D eigenvalue weighted by Crippen LogP contribution is 2.32. The Labute approximate surface area is 166 Å². The van der Waals surface area contributed by atoms with E-state index in [4.69, 9.17) is 27.9 Å². The van der Waals surface area contributed by atoms with Gasteiger partial charge in [-0.15, -0.1) is 0 Å². The minimum atomic E-state index is -0.704. The molecule has 8 heteroatoms. The molecule has 0 spiro atoms. The summed E-state index contributed by atoms with van der Waals surface area (Å²) in [7, 11) is 1.24.